The number of nitrogens with one attached hydrogen (secondary N) is 1. The van der Waals surface area contributed by atoms with E-state index in [1.165, 1.54) is 0 Å². The van der Waals surface area contributed by atoms with Crippen LogP contribution in [0.4, 0.5) is 10.5 Å². The number of halogens is 1. The van der Waals surface area contributed by atoms with Crippen molar-refractivity contribution in [1.82, 2.24) is 14.7 Å². The number of benzene rings is 2. The largest absolute Gasteiger partial charge is 0.365 e. The Labute approximate surface area is 190 Å². The number of fused-ring (bicyclic) bond motifs is 1. The van der Waals surface area contributed by atoms with Gasteiger partial charge in [0.1, 0.15) is 5.69 Å². The minimum absolute atomic E-state index is 0.186. The van der Waals surface area contributed by atoms with E-state index >= 15 is 0 Å². The molecule has 0 bridgehead atoms. The molecule has 8 nitrogen and oxygen atoms in total. The Morgan fingerprint density at radius 2 is 1.94 bits per heavy atom. The maximum Gasteiger partial charge on any atom is 0.322 e. The number of hydrogen-bond donors (Lipinski definition) is 2. The van der Waals surface area contributed by atoms with Crippen molar-refractivity contribution < 1.29 is 9.59 Å². The van der Waals surface area contributed by atoms with Gasteiger partial charge < -0.3 is 16.0 Å². The Bertz CT molecular complexity index is 1290. The lowest BCUT2D eigenvalue weighted by Gasteiger charge is -2.28. The molecule has 32 heavy (non-hydrogen) atoms. The standard InChI is InChI=1S/C23H21ClN6O2/c1-13-3-4-15(10-18(13)24)21-20(22(26)31)19-12-29(7-8-30(19)28-21)23(32)27-17-6-5-16(11-25)14(2)9-17/h3-6,9-10H,7-8,12H2,1-2H3,(H2,26,31)(H,27,32). The van der Waals surface area contributed by atoms with Crippen molar-refractivity contribution >= 4 is 29.2 Å². The minimum atomic E-state index is -0.608. The van der Waals surface area contributed by atoms with Crippen LogP contribution in [0.3, 0.4) is 0 Å². The molecule has 0 atom stereocenters. The number of nitrogens with two attached hydrogens (primary N) is 1. The number of carbonyl (C=O) groups is 2. The molecular formula is C23H21ClN6O2. The van der Waals surface area contributed by atoms with Gasteiger partial charge in [-0.2, -0.15) is 10.4 Å². The lowest BCUT2D eigenvalue weighted by Crippen LogP contribution is -2.41. The van der Waals surface area contributed by atoms with E-state index in [1.807, 2.05) is 26.0 Å². The number of amides is 3. The van der Waals surface area contributed by atoms with Crippen LogP contribution >= 0.6 is 11.6 Å². The third-order valence-electron chi connectivity index (χ3n) is 5.56. The number of urea groups is 1. The van der Waals surface area contributed by atoms with Crippen LogP contribution in [0.25, 0.3) is 11.3 Å². The van der Waals surface area contributed by atoms with Gasteiger partial charge in [0.05, 0.1) is 36.0 Å². The molecule has 0 fully saturated rings. The number of anilines is 1. The van der Waals surface area contributed by atoms with Gasteiger partial charge in [-0.3, -0.25) is 9.48 Å². The molecule has 0 spiro atoms. The lowest BCUT2D eigenvalue weighted by molar-refractivity contribution is 0.0997. The van der Waals surface area contributed by atoms with E-state index in [0.29, 0.717) is 46.3 Å². The highest BCUT2D eigenvalue weighted by Crippen LogP contribution is 2.31. The highest BCUT2D eigenvalue weighted by atomic mass is 35.5. The molecule has 1 aliphatic heterocycles. The molecule has 2 aromatic carbocycles. The zero-order chi connectivity index (χ0) is 23.0. The maximum atomic E-state index is 12.9. The van der Waals surface area contributed by atoms with E-state index in [1.54, 1.807) is 33.8 Å². The monoisotopic (exact) mass is 448 g/mol. The van der Waals surface area contributed by atoms with Crippen LogP contribution in [0, 0.1) is 25.2 Å². The molecule has 0 saturated carbocycles. The number of primary amides is 1. The molecule has 0 aliphatic carbocycles. The van der Waals surface area contributed by atoms with E-state index in [4.69, 9.17) is 22.6 Å². The van der Waals surface area contributed by atoms with Crippen LogP contribution < -0.4 is 11.1 Å². The van der Waals surface area contributed by atoms with Gasteiger partial charge >= 0.3 is 6.03 Å². The summed E-state index contributed by atoms with van der Waals surface area (Å²) in [6.07, 6.45) is 0. The van der Waals surface area contributed by atoms with Crippen LogP contribution in [0.2, 0.25) is 5.02 Å². The number of rotatable bonds is 3. The van der Waals surface area contributed by atoms with Crippen molar-refractivity contribution in [2.24, 2.45) is 5.73 Å². The van der Waals surface area contributed by atoms with E-state index < -0.39 is 5.91 Å². The first kappa shape index (κ1) is 21.4. The summed E-state index contributed by atoms with van der Waals surface area (Å²) in [5.41, 5.74) is 10.6. The zero-order valence-electron chi connectivity index (χ0n) is 17.6. The number of nitrogens with zero attached hydrogens (tertiary/aromatic N) is 4. The first-order valence-electron chi connectivity index (χ1n) is 10.0. The van der Waals surface area contributed by atoms with E-state index in [9.17, 15) is 9.59 Å². The average Bonchev–Trinajstić information content (AvgIpc) is 3.14. The van der Waals surface area contributed by atoms with Gasteiger partial charge in [-0.1, -0.05) is 23.7 Å². The second-order valence-electron chi connectivity index (χ2n) is 7.71. The van der Waals surface area contributed by atoms with Gasteiger partial charge in [0.25, 0.3) is 5.91 Å². The lowest BCUT2D eigenvalue weighted by atomic mass is 10.0. The summed E-state index contributed by atoms with van der Waals surface area (Å²) >= 11 is 6.26. The Morgan fingerprint density at radius 1 is 1.16 bits per heavy atom. The second kappa shape index (κ2) is 8.36. The third-order valence-corrected chi connectivity index (χ3v) is 5.96. The Balaban J connectivity index is 1.61. The highest BCUT2D eigenvalue weighted by molar-refractivity contribution is 6.31. The van der Waals surface area contributed by atoms with Crippen molar-refractivity contribution in [2.45, 2.75) is 26.9 Å². The Hall–Kier alpha value is -3.83. The van der Waals surface area contributed by atoms with Crippen LogP contribution in [0.5, 0.6) is 0 Å². The molecule has 1 aromatic heterocycles. The summed E-state index contributed by atoms with van der Waals surface area (Å²) in [4.78, 5) is 26.8. The molecule has 1 aliphatic rings. The van der Waals surface area contributed by atoms with Crippen molar-refractivity contribution in [3.8, 4) is 17.3 Å². The Morgan fingerprint density at radius 3 is 2.59 bits per heavy atom. The second-order valence-corrected chi connectivity index (χ2v) is 8.12. The summed E-state index contributed by atoms with van der Waals surface area (Å²) in [6, 6.07) is 12.4. The van der Waals surface area contributed by atoms with Crippen molar-refractivity contribution in [1.29, 1.82) is 5.26 Å². The summed E-state index contributed by atoms with van der Waals surface area (Å²) < 4.78 is 1.72. The van der Waals surface area contributed by atoms with Crippen LogP contribution in [-0.2, 0) is 13.1 Å². The van der Waals surface area contributed by atoms with Crippen LogP contribution in [0.15, 0.2) is 36.4 Å². The molecule has 0 unspecified atom stereocenters. The molecule has 4 rings (SSSR count). The fraction of sp³-hybridized carbons (Fsp3) is 0.217. The number of aromatic nitrogens is 2. The van der Waals surface area contributed by atoms with E-state index in [0.717, 1.165) is 11.1 Å². The Kier molecular flexibility index (Phi) is 5.59. The first-order chi connectivity index (χ1) is 15.3. The summed E-state index contributed by atoms with van der Waals surface area (Å²) in [6.45, 7) is 4.74. The SMILES string of the molecule is Cc1ccc(-c2nn3c(c2C(N)=O)CN(C(=O)Nc2ccc(C#N)c(C)c2)CC3)cc1Cl. The molecule has 3 N–H and O–H groups in total. The van der Waals surface area contributed by atoms with Crippen molar-refractivity contribution in [2.75, 3.05) is 11.9 Å². The predicted molar refractivity (Wildman–Crippen MR) is 121 cm³/mol. The highest BCUT2D eigenvalue weighted by Gasteiger charge is 2.29. The molecular weight excluding hydrogens is 428 g/mol. The number of hydrogen-bond acceptors (Lipinski definition) is 4. The fourth-order valence-electron chi connectivity index (χ4n) is 3.76. The molecule has 2 heterocycles. The van der Waals surface area contributed by atoms with Gasteiger partial charge in [0, 0.05) is 22.8 Å². The molecule has 162 valence electrons. The normalized spacial score (nSPS) is 12.8. The first-order valence-corrected chi connectivity index (χ1v) is 10.4. The van der Waals surface area contributed by atoms with Crippen molar-refractivity contribution in [3.05, 3.63) is 69.4 Å². The van der Waals surface area contributed by atoms with E-state index in [-0.39, 0.29) is 18.1 Å². The summed E-state index contributed by atoms with van der Waals surface area (Å²) in [5.74, 6) is -0.608. The van der Waals surface area contributed by atoms with Gasteiger partial charge in [0.15, 0.2) is 0 Å². The summed E-state index contributed by atoms with van der Waals surface area (Å²) in [5, 5.41) is 17.1. The fourth-order valence-corrected chi connectivity index (χ4v) is 3.94. The maximum absolute atomic E-state index is 12.9. The minimum Gasteiger partial charge on any atom is -0.365 e. The molecule has 0 saturated heterocycles. The van der Waals surface area contributed by atoms with Gasteiger partial charge in [-0.25, -0.2) is 4.79 Å². The topological polar surface area (TPSA) is 117 Å². The molecule has 0 radical (unpaired) electrons. The van der Waals surface area contributed by atoms with Crippen LogP contribution in [-0.4, -0.2) is 33.2 Å². The van der Waals surface area contributed by atoms with Crippen molar-refractivity contribution in [3.63, 3.8) is 0 Å². The average molecular weight is 449 g/mol. The number of carbonyl (C=O) groups excluding carboxylic acids is 2. The van der Waals surface area contributed by atoms with Gasteiger partial charge in [-0.05, 0) is 49.2 Å². The quantitative estimate of drug-likeness (QED) is 0.632. The molecule has 9 heteroatoms. The summed E-state index contributed by atoms with van der Waals surface area (Å²) in [7, 11) is 0. The zero-order valence-corrected chi connectivity index (χ0v) is 18.4. The number of aryl methyl sites for hydroxylation is 2. The smallest absolute Gasteiger partial charge is 0.322 e. The van der Waals surface area contributed by atoms with Gasteiger partial charge in [0.2, 0.25) is 0 Å². The van der Waals surface area contributed by atoms with Crippen LogP contribution in [0.1, 0.15) is 32.7 Å². The number of nitriles is 1. The van der Waals surface area contributed by atoms with E-state index in [2.05, 4.69) is 16.5 Å². The molecule has 3 amide bonds. The van der Waals surface area contributed by atoms with Gasteiger partial charge in [-0.15, -0.1) is 0 Å². The predicted octanol–water partition coefficient (Wildman–Crippen LogP) is 3.84. The third kappa shape index (κ3) is 3.90. The molecule has 3 aromatic rings.